The number of amides is 1. The van der Waals surface area contributed by atoms with E-state index < -0.39 is 0 Å². The molecule has 0 aromatic carbocycles. The van der Waals surface area contributed by atoms with E-state index in [1.54, 1.807) is 29.4 Å². The van der Waals surface area contributed by atoms with Crippen molar-refractivity contribution in [1.82, 2.24) is 24.8 Å². The first-order valence-electron chi connectivity index (χ1n) is 7.15. The maximum absolute atomic E-state index is 12.7. The largest absolute Gasteiger partial charge is 0.333 e. The molecule has 2 atom stereocenters. The van der Waals surface area contributed by atoms with Crippen LogP contribution in [0.5, 0.6) is 0 Å². The Morgan fingerprint density at radius 2 is 2.09 bits per heavy atom. The molecule has 0 bridgehead atoms. The highest BCUT2D eigenvalue weighted by atomic mass is 35.5. The number of aromatic nitrogens is 3. The van der Waals surface area contributed by atoms with Crippen LogP contribution in [0.25, 0.3) is 5.82 Å². The number of rotatable bonds is 2. The molecule has 1 amide bonds. The van der Waals surface area contributed by atoms with Gasteiger partial charge in [0.25, 0.3) is 5.91 Å². The number of piperazine rings is 1. The van der Waals surface area contributed by atoms with E-state index in [-0.39, 0.29) is 36.8 Å². The molecular weight excluding hydrogens is 337 g/mol. The summed E-state index contributed by atoms with van der Waals surface area (Å²) in [5.41, 5.74) is 0.662. The Hall–Kier alpha value is -1.63. The molecule has 0 saturated carbocycles. The molecule has 0 aliphatic carbocycles. The second-order valence-corrected chi connectivity index (χ2v) is 5.35. The van der Waals surface area contributed by atoms with Gasteiger partial charge in [-0.05, 0) is 26.0 Å². The zero-order valence-corrected chi connectivity index (χ0v) is 14.7. The minimum absolute atomic E-state index is 0. The monoisotopic (exact) mass is 357 g/mol. The average Bonchev–Trinajstić information content (AvgIpc) is 3.04. The van der Waals surface area contributed by atoms with Crippen molar-refractivity contribution in [3.63, 3.8) is 0 Å². The van der Waals surface area contributed by atoms with Gasteiger partial charge in [-0.3, -0.25) is 9.36 Å². The second kappa shape index (κ2) is 8.29. The van der Waals surface area contributed by atoms with Crippen LogP contribution in [0.4, 0.5) is 0 Å². The summed E-state index contributed by atoms with van der Waals surface area (Å²) in [6, 6.07) is 4.06. The van der Waals surface area contributed by atoms with Crippen LogP contribution in [-0.2, 0) is 0 Å². The van der Waals surface area contributed by atoms with Gasteiger partial charge in [0.2, 0.25) is 0 Å². The van der Waals surface area contributed by atoms with Crippen LogP contribution >= 0.6 is 24.8 Å². The van der Waals surface area contributed by atoms with Gasteiger partial charge < -0.3 is 10.2 Å². The van der Waals surface area contributed by atoms with Crippen LogP contribution in [0.15, 0.2) is 37.1 Å². The molecule has 6 nitrogen and oxygen atoms in total. The van der Waals surface area contributed by atoms with Crippen molar-refractivity contribution in [2.24, 2.45) is 0 Å². The first kappa shape index (κ1) is 19.4. The van der Waals surface area contributed by atoms with Gasteiger partial charge >= 0.3 is 0 Å². The number of hydrogen-bond donors (Lipinski definition) is 1. The normalized spacial score (nSPS) is 20.3. The van der Waals surface area contributed by atoms with E-state index in [0.717, 1.165) is 13.1 Å². The van der Waals surface area contributed by atoms with Crippen LogP contribution in [0.2, 0.25) is 0 Å². The molecule has 0 radical (unpaired) electrons. The minimum Gasteiger partial charge on any atom is -0.333 e. The zero-order chi connectivity index (χ0) is 14.8. The standard InChI is InChI=1S/C15H19N5O.2ClH/c1-11-12(2)20(8-6-17-11)15(21)13-3-4-18-14(9-13)19-7-5-16-10-19;;/h3-5,7,9-12,17H,6,8H2,1-2H3;2*1H. The van der Waals surface area contributed by atoms with Crippen molar-refractivity contribution in [2.45, 2.75) is 25.9 Å². The Morgan fingerprint density at radius 1 is 1.30 bits per heavy atom. The maximum atomic E-state index is 12.7. The SMILES string of the molecule is CC1NCCN(C(=O)c2ccnc(-n3ccnc3)c2)C1C.Cl.Cl. The summed E-state index contributed by atoms with van der Waals surface area (Å²) in [7, 11) is 0. The van der Waals surface area contributed by atoms with Crippen LogP contribution in [-0.4, -0.2) is 50.5 Å². The van der Waals surface area contributed by atoms with Gasteiger partial charge in [0.15, 0.2) is 0 Å². The van der Waals surface area contributed by atoms with E-state index in [1.807, 2.05) is 17.2 Å². The molecule has 2 aromatic rings. The van der Waals surface area contributed by atoms with E-state index >= 15 is 0 Å². The molecule has 3 rings (SSSR count). The lowest BCUT2D eigenvalue weighted by Gasteiger charge is -2.38. The van der Waals surface area contributed by atoms with Gasteiger partial charge in [0.05, 0.1) is 0 Å². The summed E-state index contributed by atoms with van der Waals surface area (Å²) in [4.78, 5) is 22.9. The molecule has 1 fully saturated rings. The molecular formula is C15H21Cl2N5O. The van der Waals surface area contributed by atoms with Gasteiger partial charge in [-0.2, -0.15) is 0 Å². The Kier molecular flexibility index (Phi) is 7.00. The summed E-state index contributed by atoms with van der Waals surface area (Å²) in [6.07, 6.45) is 6.84. The third-order valence-corrected chi connectivity index (χ3v) is 4.06. The first-order valence-corrected chi connectivity index (χ1v) is 7.15. The molecule has 1 aliphatic rings. The average molecular weight is 358 g/mol. The van der Waals surface area contributed by atoms with Crippen molar-refractivity contribution in [3.05, 3.63) is 42.6 Å². The zero-order valence-electron chi connectivity index (χ0n) is 13.0. The van der Waals surface area contributed by atoms with Gasteiger partial charge in [0, 0.05) is 49.3 Å². The van der Waals surface area contributed by atoms with Crippen molar-refractivity contribution in [1.29, 1.82) is 0 Å². The van der Waals surface area contributed by atoms with Crippen LogP contribution < -0.4 is 5.32 Å². The highest BCUT2D eigenvalue weighted by Gasteiger charge is 2.28. The Labute approximate surface area is 148 Å². The summed E-state index contributed by atoms with van der Waals surface area (Å²) in [5.74, 6) is 0.758. The van der Waals surface area contributed by atoms with E-state index in [2.05, 4.69) is 29.1 Å². The van der Waals surface area contributed by atoms with Gasteiger partial charge in [-0.1, -0.05) is 0 Å². The predicted molar refractivity (Wildman–Crippen MR) is 93.8 cm³/mol. The van der Waals surface area contributed by atoms with Gasteiger partial charge in [-0.15, -0.1) is 24.8 Å². The van der Waals surface area contributed by atoms with Gasteiger partial charge in [-0.25, -0.2) is 9.97 Å². The molecule has 23 heavy (non-hydrogen) atoms. The van der Waals surface area contributed by atoms with Gasteiger partial charge in [0.1, 0.15) is 12.1 Å². The quantitative estimate of drug-likeness (QED) is 0.891. The summed E-state index contributed by atoms with van der Waals surface area (Å²) in [5, 5.41) is 3.38. The molecule has 2 unspecified atom stereocenters. The van der Waals surface area contributed by atoms with E-state index in [0.29, 0.717) is 17.4 Å². The summed E-state index contributed by atoms with van der Waals surface area (Å²) >= 11 is 0. The number of nitrogens with zero attached hydrogens (tertiary/aromatic N) is 4. The predicted octanol–water partition coefficient (Wildman–Crippen LogP) is 1.93. The van der Waals surface area contributed by atoms with Crippen molar-refractivity contribution in [2.75, 3.05) is 13.1 Å². The molecule has 1 aliphatic heterocycles. The smallest absolute Gasteiger partial charge is 0.254 e. The van der Waals surface area contributed by atoms with E-state index in [9.17, 15) is 4.79 Å². The minimum atomic E-state index is 0. The molecule has 3 heterocycles. The highest BCUT2D eigenvalue weighted by molar-refractivity contribution is 5.94. The lowest BCUT2D eigenvalue weighted by Crippen LogP contribution is -2.57. The number of nitrogens with one attached hydrogen (secondary N) is 1. The summed E-state index contributed by atoms with van der Waals surface area (Å²) < 4.78 is 1.79. The number of hydrogen-bond acceptors (Lipinski definition) is 4. The highest BCUT2D eigenvalue weighted by Crippen LogP contribution is 2.15. The fourth-order valence-electron chi connectivity index (χ4n) is 2.60. The fraction of sp³-hybridized carbons (Fsp3) is 0.400. The van der Waals surface area contributed by atoms with Crippen molar-refractivity contribution >= 4 is 30.7 Å². The molecule has 1 N–H and O–H groups in total. The van der Waals surface area contributed by atoms with Crippen LogP contribution in [0.1, 0.15) is 24.2 Å². The fourth-order valence-corrected chi connectivity index (χ4v) is 2.60. The number of carbonyl (C=O) groups is 1. The maximum Gasteiger partial charge on any atom is 0.254 e. The topological polar surface area (TPSA) is 63.1 Å². The second-order valence-electron chi connectivity index (χ2n) is 5.35. The van der Waals surface area contributed by atoms with Crippen LogP contribution in [0.3, 0.4) is 0 Å². The molecule has 8 heteroatoms. The van der Waals surface area contributed by atoms with Crippen molar-refractivity contribution < 1.29 is 4.79 Å². The third kappa shape index (κ3) is 4.02. The van der Waals surface area contributed by atoms with Crippen LogP contribution in [0, 0.1) is 0 Å². The summed E-state index contributed by atoms with van der Waals surface area (Å²) in [6.45, 7) is 5.74. The molecule has 0 spiro atoms. The third-order valence-electron chi connectivity index (χ3n) is 4.06. The molecule has 1 saturated heterocycles. The van der Waals surface area contributed by atoms with E-state index in [1.165, 1.54) is 0 Å². The number of imidazole rings is 1. The Balaban J connectivity index is 0.00000132. The first-order chi connectivity index (χ1) is 10.2. The lowest BCUT2D eigenvalue weighted by molar-refractivity contribution is 0.0603. The number of pyridine rings is 1. The Morgan fingerprint density at radius 3 is 2.78 bits per heavy atom. The molecule has 2 aromatic heterocycles. The van der Waals surface area contributed by atoms with E-state index in [4.69, 9.17) is 0 Å². The molecule has 126 valence electrons. The lowest BCUT2D eigenvalue weighted by atomic mass is 10.1. The number of carbonyl (C=O) groups excluding carboxylic acids is 1. The number of halogens is 2. The Bertz CT molecular complexity index is 635. The van der Waals surface area contributed by atoms with Crippen molar-refractivity contribution in [3.8, 4) is 5.82 Å².